The van der Waals surface area contributed by atoms with E-state index in [2.05, 4.69) is 15.4 Å². The zero-order chi connectivity index (χ0) is 13.5. The largest absolute Gasteiger partial charge is 0.480 e. The number of carbonyl (C=O) groups is 3. The number of ether oxygens (including phenoxy) is 1. The Morgan fingerprint density at radius 1 is 1.50 bits per heavy atom. The second-order valence-corrected chi connectivity index (χ2v) is 4.16. The van der Waals surface area contributed by atoms with Crippen LogP contribution in [0.25, 0.3) is 0 Å². The van der Waals surface area contributed by atoms with Crippen LogP contribution in [0.2, 0.25) is 0 Å². The summed E-state index contributed by atoms with van der Waals surface area (Å²) in [6.07, 6.45) is 1.60. The maximum atomic E-state index is 11.7. The third kappa shape index (κ3) is 4.33. The molecule has 7 heteroatoms. The lowest BCUT2D eigenvalue weighted by Crippen LogP contribution is -2.48. The Morgan fingerprint density at radius 2 is 2.22 bits per heavy atom. The third-order valence-corrected chi connectivity index (χ3v) is 2.86. The van der Waals surface area contributed by atoms with Crippen LogP contribution in [0, 0.1) is 0 Å². The number of carbonyl (C=O) groups excluding carboxylic acids is 2. The Hall–Kier alpha value is -1.63. The van der Waals surface area contributed by atoms with Crippen LogP contribution in [-0.4, -0.2) is 48.7 Å². The number of amides is 1. The summed E-state index contributed by atoms with van der Waals surface area (Å²) >= 11 is 0. The van der Waals surface area contributed by atoms with Crippen molar-refractivity contribution in [2.24, 2.45) is 0 Å². The number of esters is 1. The zero-order valence-corrected chi connectivity index (χ0v) is 10.3. The van der Waals surface area contributed by atoms with Gasteiger partial charge in [0.1, 0.15) is 6.04 Å². The van der Waals surface area contributed by atoms with E-state index < -0.39 is 18.0 Å². The normalized spacial score (nSPS) is 20.2. The van der Waals surface area contributed by atoms with E-state index in [1.165, 1.54) is 7.11 Å². The summed E-state index contributed by atoms with van der Waals surface area (Å²) in [5.74, 6) is -1.97. The molecule has 1 saturated heterocycles. The number of carboxylic acids is 1. The molecule has 0 aromatic rings. The van der Waals surface area contributed by atoms with Crippen molar-refractivity contribution < 1.29 is 24.2 Å². The molecule has 0 saturated carbocycles. The van der Waals surface area contributed by atoms with Crippen molar-refractivity contribution in [1.82, 2.24) is 10.6 Å². The Morgan fingerprint density at radius 3 is 2.72 bits per heavy atom. The molecule has 1 heterocycles. The van der Waals surface area contributed by atoms with Gasteiger partial charge in [0.15, 0.2) is 0 Å². The highest BCUT2D eigenvalue weighted by molar-refractivity contribution is 5.87. The van der Waals surface area contributed by atoms with E-state index in [9.17, 15) is 14.4 Å². The molecular weight excluding hydrogens is 240 g/mol. The lowest BCUT2D eigenvalue weighted by Gasteiger charge is -2.17. The smallest absolute Gasteiger partial charge is 0.326 e. The molecule has 7 nitrogen and oxygen atoms in total. The fourth-order valence-corrected chi connectivity index (χ4v) is 1.80. The Kier molecular flexibility index (Phi) is 5.57. The SMILES string of the molecule is COC(=O)CC[C@H](NC(=O)[C@H]1CCCN1)C(=O)O. The lowest BCUT2D eigenvalue weighted by molar-refractivity contribution is -0.144. The van der Waals surface area contributed by atoms with Crippen molar-refractivity contribution in [3.8, 4) is 0 Å². The summed E-state index contributed by atoms with van der Waals surface area (Å²) in [4.78, 5) is 33.6. The summed E-state index contributed by atoms with van der Waals surface area (Å²) in [6.45, 7) is 0.762. The summed E-state index contributed by atoms with van der Waals surface area (Å²) < 4.78 is 4.43. The van der Waals surface area contributed by atoms with Crippen molar-refractivity contribution >= 4 is 17.8 Å². The van der Waals surface area contributed by atoms with Crippen LogP contribution in [-0.2, 0) is 19.1 Å². The topological polar surface area (TPSA) is 105 Å². The van der Waals surface area contributed by atoms with Crippen LogP contribution in [0.15, 0.2) is 0 Å². The minimum atomic E-state index is -1.15. The third-order valence-electron chi connectivity index (χ3n) is 2.86. The summed E-state index contributed by atoms with van der Waals surface area (Å²) in [5.41, 5.74) is 0. The van der Waals surface area contributed by atoms with Gasteiger partial charge in [-0.1, -0.05) is 0 Å². The van der Waals surface area contributed by atoms with E-state index in [0.717, 1.165) is 13.0 Å². The molecule has 3 N–H and O–H groups in total. The van der Waals surface area contributed by atoms with E-state index in [4.69, 9.17) is 5.11 Å². The van der Waals surface area contributed by atoms with E-state index in [-0.39, 0.29) is 24.8 Å². The second-order valence-electron chi connectivity index (χ2n) is 4.16. The number of hydrogen-bond donors (Lipinski definition) is 3. The van der Waals surface area contributed by atoms with Crippen LogP contribution in [0.3, 0.4) is 0 Å². The molecule has 0 spiro atoms. The van der Waals surface area contributed by atoms with Crippen LogP contribution >= 0.6 is 0 Å². The second kappa shape index (κ2) is 6.95. The van der Waals surface area contributed by atoms with Crippen molar-refractivity contribution in [3.63, 3.8) is 0 Å². The van der Waals surface area contributed by atoms with Crippen molar-refractivity contribution in [3.05, 3.63) is 0 Å². The molecule has 0 unspecified atom stereocenters. The van der Waals surface area contributed by atoms with E-state index in [1.807, 2.05) is 0 Å². The van der Waals surface area contributed by atoms with Gasteiger partial charge in [0.25, 0.3) is 0 Å². The van der Waals surface area contributed by atoms with Gasteiger partial charge in [0.05, 0.1) is 13.2 Å². The number of nitrogens with one attached hydrogen (secondary N) is 2. The van der Waals surface area contributed by atoms with Crippen molar-refractivity contribution in [2.45, 2.75) is 37.8 Å². The fourth-order valence-electron chi connectivity index (χ4n) is 1.80. The number of methoxy groups -OCH3 is 1. The molecule has 1 rings (SSSR count). The molecule has 102 valence electrons. The van der Waals surface area contributed by atoms with E-state index in [1.54, 1.807) is 0 Å². The Bertz CT molecular complexity index is 325. The predicted octanol–water partition coefficient (Wildman–Crippen LogP) is -0.739. The number of carboxylic acid groups (broad SMARTS) is 1. The van der Waals surface area contributed by atoms with Crippen molar-refractivity contribution in [2.75, 3.05) is 13.7 Å². The van der Waals surface area contributed by atoms with Gasteiger partial charge in [-0.2, -0.15) is 0 Å². The highest BCUT2D eigenvalue weighted by Crippen LogP contribution is 2.06. The minimum absolute atomic E-state index is 0.0282. The summed E-state index contributed by atoms with van der Waals surface area (Å²) in [6, 6.07) is -1.39. The molecule has 1 amide bonds. The average molecular weight is 258 g/mol. The number of aliphatic carboxylic acids is 1. The molecule has 0 radical (unpaired) electrons. The average Bonchev–Trinajstić information content (AvgIpc) is 2.87. The summed E-state index contributed by atoms with van der Waals surface area (Å²) in [7, 11) is 1.24. The molecule has 0 bridgehead atoms. The molecule has 1 aliphatic heterocycles. The molecule has 0 aromatic carbocycles. The van der Waals surface area contributed by atoms with Gasteiger partial charge >= 0.3 is 11.9 Å². The molecule has 18 heavy (non-hydrogen) atoms. The van der Waals surface area contributed by atoms with Crippen LogP contribution in [0.1, 0.15) is 25.7 Å². The van der Waals surface area contributed by atoms with Gasteiger partial charge in [-0.15, -0.1) is 0 Å². The Labute approximate surface area is 105 Å². The molecule has 0 aromatic heterocycles. The Balaban J connectivity index is 2.44. The first-order valence-corrected chi connectivity index (χ1v) is 5.88. The standard InChI is InChI=1S/C11H18N2O5/c1-18-9(14)5-4-8(11(16)17)13-10(15)7-3-2-6-12-7/h7-8,12H,2-6H2,1H3,(H,13,15)(H,16,17)/t7-,8+/m1/s1. The summed E-state index contributed by atoms with van der Waals surface area (Å²) in [5, 5.41) is 14.4. The lowest BCUT2D eigenvalue weighted by atomic mass is 10.1. The van der Waals surface area contributed by atoms with Gasteiger partial charge in [0.2, 0.25) is 5.91 Å². The number of rotatable bonds is 6. The minimum Gasteiger partial charge on any atom is -0.480 e. The molecular formula is C11H18N2O5. The van der Waals surface area contributed by atoms with Gasteiger partial charge in [-0.25, -0.2) is 4.79 Å². The van der Waals surface area contributed by atoms with Crippen LogP contribution in [0.5, 0.6) is 0 Å². The first kappa shape index (κ1) is 14.4. The van der Waals surface area contributed by atoms with Gasteiger partial charge in [-0.3, -0.25) is 9.59 Å². The maximum Gasteiger partial charge on any atom is 0.326 e. The molecule has 0 aliphatic carbocycles. The van der Waals surface area contributed by atoms with E-state index in [0.29, 0.717) is 6.42 Å². The monoisotopic (exact) mass is 258 g/mol. The zero-order valence-electron chi connectivity index (χ0n) is 10.3. The first-order valence-electron chi connectivity index (χ1n) is 5.88. The van der Waals surface area contributed by atoms with Crippen LogP contribution < -0.4 is 10.6 Å². The molecule has 1 fully saturated rings. The van der Waals surface area contributed by atoms with Crippen molar-refractivity contribution in [1.29, 1.82) is 0 Å². The predicted molar refractivity (Wildman–Crippen MR) is 61.8 cm³/mol. The van der Waals surface area contributed by atoms with Gasteiger partial charge in [0, 0.05) is 6.42 Å². The first-order chi connectivity index (χ1) is 8.54. The van der Waals surface area contributed by atoms with Gasteiger partial charge in [-0.05, 0) is 25.8 Å². The van der Waals surface area contributed by atoms with E-state index >= 15 is 0 Å². The maximum absolute atomic E-state index is 11.7. The van der Waals surface area contributed by atoms with Crippen LogP contribution in [0.4, 0.5) is 0 Å². The molecule has 2 atom stereocenters. The van der Waals surface area contributed by atoms with Gasteiger partial charge < -0.3 is 20.5 Å². The highest BCUT2D eigenvalue weighted by Gasteiger charge is 2.27. The fraction of sp³-hybridized carbons (Fsp3) is 0.727. The highest BCUT2D eigenvalue weighted by atomic mass is 16.5. The number of hydrogen-bond acceptors (Lipinski definition) is 5. The molecule has 1 aliphatic rings. The quantitative estimate of drug-likeness (QED) is 0.542.